The lowest BCUT2D eigenvalue weighted by Gasteiger charge is -2.10. The Balaban J connectivity index is 1.53. The third kappa shape index (κ3) is 4.64. The molecule has 0 atom stereocenters. The summed E-state index contributed by atoms with van der Waals surface area (Å²) in [7, 11) is 0. The number of H-pyrrole nitrogens is 1. The van der Waals surface area contributed by atoms with E-state index in [-0.39, 0.29) is 12.1 Å². The first-order chi connectivity index (χ1) is 15.4. The average molecular weight is 434 g/mol. The molecule has 0 aliphatic heterocycles. The van der Waals surface area contributed by atoms with E-state index in [0.29, 0.717) is 37.0 Å². The van der Waals surface area contributed by atoms with Crippen LogP contribution in [0.4, 0.5) is 0 Å². The number of aromatic amines is 1. The van der Waals surface area contributed by atoms with Crippen LogP contribution < -0.4 is 4.74 Å². The van der Waals surface area contributed by atoms with E-state index in [2.05, 4.69) is 20.1 Å². The first kappa shape index (κ1) is 21.5. The van der Waals surface area contributed by atoms with Gasteiger partial charge in [0.1, 0.15) is 0 Å². The number of nitrogens with zero attached hydrogens (tertiary/aromatic N) is 3. The van der Waals surface area contributed by atoms with Crippen LogP contribution in [0.25, 0.3) is 33.7 Å². The Morgan fingerprint density at radius 3 is 2.81 bits per heavy atom. The van der Waals surface area contributed by atoms with Gasteiger partial charge in [-0.3, -0.25) is 4.79 Å². The first-order valence-corrected chi connectivity index (χ1v) is 10.7. The molecule has 4 aromatic rings. The van der Waals surface area contributed by atoms with Gasteiger partial charge in [-0.1, -0.05) is 17.3 Å². The number of hydrogen-bond donors (Lipinski definition) is 1. The van der Waals surface area contributed by atoms with E-state index < -0.39 is 0 Å². The number of aryl methyl sites for hydroxylation is 2. The van der Waals surface area contributed by atoms with Crippen molar-refractivity contribution in [1.82, 2.24) is 20.1 Å². The minimum Gasteiger partial charge on any atom is -0.475 e. The van der Waals surface area contributed by atoms with Crippen LogP contribution in [-0.4, -0.2) is 38.8 Å². The van der Waals surface area contributed by atoms with Gasteiger partial charge >= 0.3 is 5.97 Å². The third-order valence-corrected chi connectivity index (χ3v) is 4.98. The number of benzene rings is 1. The van der Waals surface area contributed by atoms with E-state index in [1.54, 1.807) is 6.20 Å². The highest BCUT2D eigenvalue weighted by Gasteiger charge is 2.15. The molecule has 0 saturated carbocycles. The summed E-state index contributed by atoms with van der Waals surface area (Å²) in [5.41, 5.74) is 4.48. The number of carbonyl (C=O) groups excluding carboxylic acids is 1. The van der Waals surface area contributed by atoms with Gasteiger partial charge in [0.15, 0.2) is 0 Å². The Morgan fingerprint density at radius 1 is 1.22 bits per heavy atom. The van der Waals surface area contributed by atoms with E-state index in [1.807, 2.05) is 58.2 Å². The molecular formula is C24H26N4O4. The minimum absolute atomic E-state index is 0.0515. The van der Waals surface area contributed by atoms with E-state index in [4.69, 9.17) is 14.0 Å². The summed E-state index contributed by atoms with van der Waals surface area (Å²) in [6.45, 7) is 8.06. The van der Waals surface area contributed by atoms with Crippen molar-refractivity contribution in [2.45, 2.75) is 46.6 Å². The topological polar surface area (TPSA) is 103 Å². The van der Waals surface area contributed by atoms with Crippen molar-refractivity contribution in [3.63, 3.8) is 0 Å². The molecule has 0 saturated heterocycles. The lowest BCUT2D eigenvalue weighted by atomic mass is 10.1. The Bertz CT molecular complexity index is 1240. The fourth-order valence-electron chi connectivity index (χ4n) is 3.49. The minimum atomic E-state index is -0.189. The molecule has 0 unspecified atom stereocenters. The Hall–Kier alpha value is -3.68. The number of fused-ring (bicyclic) bond motifs is 1. The fraction of sp³-hybridized carbons (Fsp3) is 0.333. The van der Waals surface area contributed by atoms with E-state index >= 15 is 0 Å². The van der Waals surface area contributed by atoms with Crippen LogP contribution in [0.1, 0.15) is 38.3 Å². The lowest BCUT2D eigenvalue weighted by Crippen LogP contribution is -2.08. The standard InChI is InChI=1S/C24H26N4O4/c1-5-30-21(29)9-7-17-12-25-20-11-16(6-8-19(17)20)22-27-24(32-28-22)18-10-15(4)23(26-13-18)31-14(2)3/h6,8,10-14,25H,5,7,9H2,1-4H3. The van der Waals surface area contributed by atoms with Gasteiger partial charge in [-0.05, 0) is 51.8 Å². The van der Waals surface area contributed by atoms with Crippen LogP contribution in [0, 0.1) is 6.92 Å². The molecule has 3 aromatic heterocycles. The van der Waals surface area contributed by atoms with Crippen LogP contribution >= 0.6 is 0 Å². The van der Waals surface area contributed by atoms with Crippen LogP contribution in [0.15, 0.2) is 41.2 Å². The number of hydrogen-bond acceptors (Lipinski definition) is 7. The SMILES string of the molecule is CCOC(=O)CCc1c[nH]c2cc(-c3noc(-c4cnc(OC(C)C)c(C)c4)n3)ccc12. The number of nitrogens with one attached hydrogen (secondary N) is 1. The van der Waals surface area contributed by atoms with Gasteiger partial charge < -0.3 is 19.0 Å². The van der Waals surface area contributed by atoms with Crippen molar-refractivity contribution in [2.24, 2.45) is 0 Å². The van der Waals surface area contributed by atoms with Gasteiger partial charge in [-0.25, -0.2) is 4.98 Å². The van der Waals surface area contributed by atoms with Crippen molar-refractivity contribution < 1.29 is 18.8 Å². The molecule has 3 heterocycles. The summed E-state index contributed by atoms with van der Waals surface area (Å²) >= 11 is 0. The second kappa shape index (κ2) is 9.21. The van der Waals surface area contributed by atoms with Crippen molar-refractivity contribution >= 4 is 16.9 Å². The molecule has 4 rings (SSSR count). The Morgan fingerprint density at radius 2 is 2.06 bits per heavy atom. The number of carbonyl (C=O) groups is 1. The highest BCUT2D eigenvalue weighted by atomic mass is 16.5. The van der Waals surface area contributed by atoms with Crippen molar-refractivity contribution in [3.05, 3.63) is 47.8 Å². The normalized spacial score (nSPS) is 11.3. The van der Waals surface area contributed by atoms with Crippen LogP contribution in [0.3, 0.4) is 0 Å². The number of pyridine rings is 1. The largest absolute Gasteiger partial charge is 0.475 e. The monoisotopic (exact) mass is 434 g/mol. The molecule has 32 heavy (non-hydrogen) atoms. The van der Waals surface area contributed by atoms with Crippen LogP contribution in [-0.2, 0) is 16.0 Å². The highest BCUT2D eigenvalue weighted by molar-refractivity contribution is 5.87. The van der Waals surface area contributed by atoms with Gasteiger partial charge in [-0.15, -0.1) is 0 Å². The van der Waals surface area contributed by atoms with Gasteiger partial charge in [-0.2, -0.15) is 4.98 Å². The summed E-state index contributed by atoms with van der Waals surface area (Å²) in [5.74, 6) is 1.30. The summed E-state index contributed by atoms with van der Waals surface area (Å²) in [6.07, 6.45) is 4.62. The zero-order valence-electron chi connectivity index (χ0n) is 18.6. The van der Waals surface area contributed by atoms with Crippen LogP contribution in [0.5, 0.6) is 5.88 Å². The maximum absolute atomic E-state index is 11.6. The van der Waals surface area contributed by atoms with Gasteiger partial charge in [0, 0.05) is 40.8 Å². The maximum atomic E-state index is 11.6. The first-order valence-electron chi connectivity index (χ1n) is 10.7. The van der Waals surface area contributed by atoms with Gasteiger partial charge in [0.2, 0.25) is 11.7 Å². The predicted molar refractivity (Wildman–Crippen MR) is 120 cm³/mol. The molecule has 0 amide bonds. The fourth-order valence-corrected chi connectivity index (χ4v) is 3.49. The van der Waals surface area contributed by atoms with Crippen molar-refractivity contribution in [2.75, 3.05) is 6.61 Å². The molecule has 0 aliphatic carbocycles. The molecule has 0 radical (unpaired) electrons. The smallest absolute Gasteiger partial charge is 0.306 e. The molecular weight excluding hydrogens is 408 g/mol. The average Bonchev–Trinajstić information content (AvgIpc) is 3.40. The van der Waals surface area contributed by atoms with E-state index in [1.165, 1.54) is 0 Å². The molecule has 8 heteroatoms. The third-order valence-electron chi connectivity index (χ3n) is 4.98. The predicted octanol–water partition coefficient (Wildman–Crippen LogP) is 4.87. The molecule has 1 N–H and O–H groups in total. The molecule has 0 aliphatic rings. The van der Waals surface area contributed by atoms with Crippen molar-refractivity contribution in [1.29, 1.82) is 0 Å². The zero-order chi connectivity index (χ0) is 22.7. The van der Waals surface area contributed by atoms with E-state index in [0.717, 1.165) is 33.2 Å². The molecule has 8 nitrogen and oxygen atoms in total. The summed E-state index contributed by atoms with van der Waals surface area (Å²) in [4.78, 5) is 23.8. The number of esters is 1. The lowest BCUT2D eigenvalue weighted by molar-refractivity contribution is -0.143. The number of aromatic nitrogens is 4. The van der Waals surface area contributed by atoms with Gasteiger partial charge in [0.25, 0.3) is 5.89 Å². The molecule has 0 fully saturated rings. The molecule has 0 spiro atoms. The summed E-state index contributed by atoms with van der Waals surface area (Å²) in [5, 5.41) is 5.19. The second-order valence-electron chi connectivity index (χ2n) is 7.82. The quantitative estimate of drug-likeness (QED) is 0.395. The number of ether oxygens (including phenoxy) is 2. The molecule has 0 bridgehead atoms. The van der Waals surface area contributed by atoms with Crippen molar-refractivity contribution in [3.8, 4) is 28.7 Å². The second-order valence-corrected chi connectivity index (χ2v) is 7.82. The molecule has 1 aromatic carbocycles. The zero-order valence-corrected chi connectivity index (χ0v) is 18.6. The van der Waals surface area contributed by atoms with E-state index in [9.17, 15) is 4.79 Å². The Kier molecular flexibility index (Phi) is 6.20. The Labute approximate surface area is 186 Å². The number of rotatable bonds is 8. The maximum Gasteiger partial charge on any atom is 0.306 e. The summed E-state index contributed by atoms with van der Waals surface area (Å²) < 4.78 is 16.2. The van der Waals surface area contributed by atoms with Gasteiger partial charge in [0.05, 0.1) is 18.3 Å². The van der Waals surface area contributed by atoms with Crippen LogP contribution in [0.2, 0.25) is 0 Å². The summed E-state index contributed by atoms with van der Waals surface area (Å²) in [6, 6.07) is 7.84. The molecule has 166 valence electrons. The highest BCUT2D eigenvalue weighted by Crippen LogP contribution is 2.28.